The summed E-state index contributed by atoms with van der Waals surface area (Å²) in [6, 6.07) is 4.09. The Morgan fingerprint density at radius 2 is 1.95 bits per heavy atom. The highest BCUT2D eigenvalue weighted by Gasteiger charge is 2.18. The molecule has 0 radical (unpaired) electrons. The number of thioether (sulfide) groups is 1. The van der Waals surface area contributed by atoms with Crippen LogP contribution in [0.25, 0.3) is 11.4 Å². The quantitative estimate of drug-likeness (QED) is 0.865. The molecular weight excluding hydrogens is 324 g/mol. The average molecular weight is 337 g/mol. The lowest BCUT2D eigenvalue weighted by Gasteiger charge is -2.08. The fourth-order valence-corrected chi connectivity index (χ4v) is 3.55. The Morgan fingerprint density at radius 3 is 2.63 bits per heavy atom. The molecule has 1 aromatic heterocycles. The van der Waals surface area contributed by atoms with E-state index in [2.05, 4.69) is 25.9 Å². The molecule has 0 bridgehead atoms. The smallest absolute Gasteiger partial charge is 0.255 e. The molecule has 0 amide bonds. The molecular formula is C14H13BrN2OS. The van der Waals surface area contributed by atoms with Crippen LogP contribution in [0.4, 0.5) is 0 Å². The minimum Gasteiger partial charge on any atom is -0.306 e. The molecule has 0 fully saturated rings. The number of nitrogens with zero attached hydrogens (tertiary/aromatic N) is 1. The molecule has 0 atom stereocenters. The summed E-state index contributed by atoms with van der Waals surface area (Å²) >= 11 is 5.29. The maximum atomic E-state index is 12.0. The van der Waals surface area contributed by atoms with Gasteiger partial charge in [0, 0.05) is 27.1 Å². The van der Waals surface area contributed by atoms with Gasteiger partial charge < -0.3 is 4.98 Å². The van der Waals surface area contributed by atoms with Crippen LogP contribution in [0, 0.1) is 13.8 Å². The van der Waals surface area contributed by atoms with Crippen molar-refractivity contribution in [3.63, 3.8) is 0 Å². The Hall–Kier alpha value is -1.07. The van der Waals surface area contributed by atoms with Crippen molar-refractivity contribution in [2.45, 2.75) is 25.4 Å². The van der Waals surface area contributed by atoms with E-state index in [1.54, 1.807) is 11.8 Å². The maximum Gasteiger partial charge on any atom is 0.255 e. The van der Waals surface area contributed by atoms with Crippen LogP contribution in [0.1, 0.15) is 22.4 Å². The Morgan fingerprint density at radius 1 is 1.26 bits per heavy atom. The SMILES string of the molecule is Cc1cc(-c2nc3c(c(=O)[nH]2)CSC3)cc(C)c1Br. The molecule has 1 aliphatic heterocycles. The van der Waals surface area contributed by atoms with E-state index in [0.29, 0.717) is 5.82 Å². The number of H-pyrrole nitrogens is 1. The first-order chi connectivity index (χ1) is 9.06. The second-order valence-electron chi connectivity index (χ2n) is 4.76. The molecule has 19 heavy (non-hydrogen) atoms. The Kier molecular flexibility index (Phi) is 3.27. The van der Waals surface area contributed by atoms with Gasteiger partial charge in [0.25, 0.3) is 5.56 Å². The maximum absolute atomic E-state index is 12.0. The number of aryl methyl sites for hydroxylation is 2. The van der Waals surface area contributed by atoms with Crippen molar-refractivity contribution in [2.75, 3.05) is 0 Å². The monoisotopic (exact) mass is 336 g/mol. The number of halogens is 1. The molecule has 1 aliphatic rings. The molecule has 0 saturated heterocycles. The molecule has 1 aromatic carbocycles. The third-order valence-corrected chi connectivity index (χ3v) is 5.52. The summed E-state index contributed by atoms with van der Waals surface area (Å²) in [4.78, 5) is 19.5. The Labute approximate surface area is 124 Å². The molecule has 5 heteroatoms. The van der Waals surface area contributed by atoms with Crippen LogP contribution >= 0.6 is 27.7 Å². The second-order valence-corrected chi connectivity index (χ2v) is 6.54. The Balaban J connectivity index is 2.18. The van der Waals surface area contributed by atoms with Gasteiger partial charge in [-0.1, -0.05) is 15.9 Å². The van der Waals surface area contributed by atoms with Crippen molar-refractivity contribution in [3.8, 4) is 11.4 Å². The molecule has 1 N–H and O–H groups in total. The highest BCUT2D eigenvalue weighted by molar-refractivity contribution is 9.10. The van der Waals surface area contributed by atoms with Gasteiger partial charge in [-0.25, -0.2) is 4.98 Å². The van der Waals surface area contributed by atoms with Crippen molar-refractivity contribution in [2.24, 2.45) is 0 Å². The van der Waals surface area contributed by atoms with E-state index in [0.717, 1.165) is 43.9 Å². The van der Waals surface area contributed by atoms with E-state index in [1.165, 1.54) is 0 Å². The van der Waals surface area contributed by atoms with Crippen LogP contribution in [-0.4, -0.2) is 9.97 Å². The molecule has 0 saturated carbocycles. The lowest BCUT2D eigenvalue weighted by Crippen LogP contribution is -2.15. The zero-order valence-corrected chi connectivity index (χ0v) is 13.1. The van der Waals surface area contributed by atoms with E-state index in [1.807, 2.05) is 26.0 Å². The van der Waals surface area contributed by atoms with Crippen LogP contribution in [-0.2, 0) is 11.5 Å². The van der Waals surface area contributed by atoms with E-state index in [-0.39, 0.29) is 5.56 Å². The van der Waals surface area contributed by atoms with Crippen molar-refractivity contribution in [1.29, 1.82) is 0 Å². The van der Waals surface area contributed by atoms with Gasteiger partial charge in [-0.15, -0.1) is 0 Å². The summed E-state index contributed by atoms with van der Waals surface area (Å²) < 4.78 is 1.11. The second kappa shape index (κ2) is 4.80. The van der Waals surface area contributed by atoms with Gasteiger partial charge in [0.1, 0.15) is 5.82 Å². The minimum absolute atomic E-state index is 0.00299. The van der Waals surface area contributed by atoms with Gasteiger partial charge in [0.05, 0.1) is 5.69 Å². The summed E-state index contributed by atoms with van der Waals surface area (Å²) in [5.74, 6) is 2.28. The molecule has 2 aromatic rings. The molecule has 0 spiro atoms. The third kappa shape index (κ3) is 2.25. The highest BCUT2D eigenvalue weighted by atomic mass is 79.9. The molecule has 0 aliphatic carbocycles. The topological polar surface area (TPSA) is 45.8 Å². The lowest BCUT2D eigenvalue weighted by atomic mass is 10.1. The summed E-state index contributed by atoms with van der Waals surface area (Å²) in [6.07, 6.45) is 0. The molecule has 3 nitrogen and oxygen atoms in total. The zero-order valence-electron chi connectivity index (χ0n) is 10.7. The van der Waals surface area contributed by atoms with E-state index >= 15 is 0 Å². The fourth-order valence-electron chi connectivity index (χ4n) is 2.28. The molecule has 0 unspecified atom stereocenters. The number of rotatable bonds is 1. The number of nitrogens with one attached hydrogen (secondary N) is 1. The highest BCUT2D eigenvalue weighted by Crippen LogP contribution is 2.29. The molecule has 3 rings (SSSR count). The number of fused-ring (bicyclic) bond motifs is 1. The number of hydrogen-bond donors (Lipinski definition) is 1. The largest absolute Gasteiger partial charge is 0.306 e. The van der Waals surface area contributed by atoms with Gasteiger partial charge in [-0.05, 0) is 37.1 Å². The van der Waals surface area contributed by atoms with Gasteiger partial charge in [-0.3, -0.25) is 4.79 Å². The third-order valence-electron chi connectivity index (χ3n) is 3.30. The van der Waals surface area contributed by atoms with Gasteiger partial charge in [0.2, 0.25) is 0 Å². The summed E-state index contributed by atoms with van der Waals surface area (Å²) in [6.45, 7) is 4.09. The van der Waals surface area contributed by atoms with Gasteiger partial charge in [-0.2, -0.15) is 11.8 Å². The first-order valence-corrected chi connectivity index (χ1v) is 7.98. The number of aromatic nitrogens is 2. The van der Waals surface area contributed by atoms with Crippen molar-refractivity contribution in [1.82, 2.24) is 9.97 Å². The Bertz CT molecular complexity index is 701. The van der Waals surface area contributed by atoms with Gasteiger partial charge in [0.15, 0.2) is 0 Å². The van der Waals surface area contributed by atoms with Crippen LogP contribution in [0.2, 0.25) is 0 Å². The van der Waals surface area contributed by atoms with E-state index in [9.17, 15) is 4.79 Å². The average Bonchev–Trinajstić information content (AvgIpc) is 2.84. The predicted molar refractivity (Wildman–Crippen MR) is 82.5 cm³/mol. The fraction of sp³-hybridized carbons (Fsp3) is 0.286. The summed E-state index contributed by atoms with van der Waals surface area (Å²) in [7, 11) is 0. The van der Waals surface area contributed by atoms with Gasteiger partial charge >= 0.3 is 0 Å². The normalized spacial score (nSPS) is 13.6. The number of benzene rings is 1. The van der Waals surface area contributed by atoms with Crippen molar-refractivity contribution >= 4 is 27.7 Å². The van der Waals surface area contributed by atoms with Crippen LogP contribution in [0.15, 0.2) is 21.4 Å². The first kappa shape index (κ1) is 12.9. The standard InChI is InChI=1S/C14H13BrN2OS/c1-7-3-9(4-8(2)12(7)15)13-16-11-6-19-5-10(11)14(18)17-13/h3-4H,5-6H2,1-2H3,(H,16,17,18). The summed E-state index contributed by atoms with van der Waals surface area (Å²) in [5, 5.41) is 0. The minimum atomic E-state index is 0.00299. The van der Waals surface area contributed by atoms with Crippen molar-refractivity contribution < 1.29 is 0 Å². The van der Waals surface area contributed by atoms with E-state index < -0.39 is 0 Å². The number of aromatic amines is 1. The summed E-state index contributed by atoms with van der Waals surface area (Å²) in [5.41, 5.74) is 5.03. The van der Waals surface area contributed by atoms with Crippen molar-refractivity contribution in [3.05, 3.63) is 49.3 Å². The van der Waals surface area contributed by atoms with Crippen LogP contribution in [0.3, 0.4) is 0 Å². The lowest BCUT2D eigenvalue weighted by molar-refractivity contribution is 1.03. The molecule has 98 valence electrons. The van der Waals surface area contributed by atoms with E-state index in [4.69, 9.17) is 0 Å². The van der Waals surface area contributed by atoms with Crippen LogP contribution < -0.4 is 5.56 Å². The first-order valence-electron chi connectivity index (χ1n) is 6.03. The predicted octanol–water partition coefficient (Wildman–Crippen LogP) is 3.56. The number of hydrogen-bond acceptors (Lipinski definition) is 3. The van der Waals surface area contributed by atoms with Crippen LogP contribution in [0.5, 0.6) is 0 Å². The molecule has 2 heterocycles. The zero-order chi connectivity index (χ0) is 13.6.